The third kappa shape index (κ3) is 2.28. The molecule has 0 aliphatic carbocycles. The number of aryl methyl sites for hydroxylation is 1. The van der Waals surface area contributed by atoms with E-state index in [2.05, 4.69) is 4.98 Å². The lowest BCUT2D eigenvalue weighted by molar-refractivity contribution is 0.0780. The van der Waals surface area contributed by atoms with E-state index in [0.717, 1.165) is 47.8 Å². The van der Waals surface area contributed by atoms with Crippen molar-refractivity contribution in [1.82, 2.24) is 9.55 Å². The fourth-order valence-electron chi connectivity index (χ4n) is 2.45. The number of hydrogen-bond acceptors (Lipinski definition) is 2. The minimum atomic E-state index is -0.408. The van der Waals surface area contributed by atoms with Gasteiger partial charge in [0.05, 0.1) is 5.69 Å². The molecule has 4 heteroatoms. The maximum absolute atomic E-state index is 9.89. The maximum atomic E-state index is 9.89. The molecule has 0 saturated heterocycles. The number of imidazole rings is 1. The molecule has 1 aliphatic rings. The Morgan fingerprint density at radius 3 is 3.11 bits per heavy atom. The summed E-state index contributed by atoms with van der Waals surface area (Å²) < 4.78 is 1.89. The van der Waals surface area contributed by atoms with Crippen molar-refractivity contribution in [3.63, 3.8) is 0 Å². The molecule has 0 saturated carbocycles. The van der Waals surface area contributed by atoms with Crippen molar-refractivity contribution in [1.29, 1.82) is 0 Å². The highest BCUT2D eigenvalue weighted by Gasteiger charge is 2.19. The second kappa shape index (κ2) is 4.75. The van der Waals surface area contributed by atoms with E-state index >= 15 is 0 Å². The molecular formula is C14H15ClN2O. The lowest BCUT2D eigenvalue weighted by Gasteiger charge is -2.19. The van der Waals surface area contributed by atoms with Gasteiger partial charge in [0, 0.05) is 24.1 Å². The first kappa shape index (κ1) is 11.8. The van der Waals surface area contributed by atoms with E-state index in [1.54, 1.807) is 0 Å². The molecule has 0 amide bonds. The quantitative estimate of drug-likeness (QED) is 0.904. The van der Waals surface area contributed by atoms with Gasteiger partial charge in [-0.25, -0.2) is 4.98 Å². The SMILES string of the molecule is OC1CCCc2nc(Cc3cccc(Cl)c3)cn21. The van der Waals surface area contributed by atoms with Crippen LogP contribution in [0.2, 0.25) is 5.02 Å². The number of aromatic nitrogens is 2. The zero-order valence-corrected chi connectivity index (χ0v) is 10.8. The average Bonchev–Trinajstić information content (AvgIpc) is 2.73. The van der Waals surface area contributed by atoms with Crippen LogP contribution in [0.15, 0.2) is 30.5 Å². The highest BCUT2D eigenvalue weighted by molar-refractivity contribution is 6.30. The topological polar surface area (TPSA) is 38.1 Å². The summed E-state index contributed by atoms with van der Waals surface area (Å²) in [5.74, 6) is 0.991. The molecule has 0 radical (unpaired) electrons. The second-order valence-corrected chi connectivity index (χ2v) is 5.17. The van der Waals surface area contributed by atoms with Crippen LogP contribution in [0.25, 0.3) is 0 Å². The van der Waals surface area contributed by atoms with Gasteiger partial charge in [-0.3, -0.25) is 0 Å². The van der Waals surface area contributed by atoms with E-state index in [1.165, 1.54) is 0 Å². The molecule has 3 rings (SSSR count). The van der Waals surface area contributed by atoms with Gasteiger partial charge in [-0.1, -0.05) is 23.7 Å². The van der Waals surface area contributed by atoms with Crippen molar-refractivity contribution in [3.8, 4) is 0 Å². The van der Waals surface area contributed by atoms with Crippen LogP contribution in [-0.4, -0.2) is 14.7 Å². The Morgan fingerprint density at radius 1 is 1.44 bits per heavy atom. The van der Waals surface area contributed by atoms with Crippen molar-refractivity contribution in [2.45, 2.75) is 31.9 Å². The Hall–Kier alpha value is -1.32. The summed E-state index contributed by atoms with van der Waals surface area (Å²) >= 11 is 5.97. The Bertz CT molecular complexity index is 565. The van der Waals surface area contributed by atoms with Gasteiger partial charge in [-0.05, 0) is 30.5 Å². The van der Waals surface area contributed by atoms with Crippen molar-refractivity contribution in [2.75, 3.05) is 0 Å². The Labute approximate surface area is 111 Å². The molecule has 1 aromatic carbocycles. The highest BCUT2D eigenvalue weighted by Crippen LogP contribution is 2.23. The van der Waals surface area contributed by atoms with Crippen molar-refractivity contribution < 1.29 is 5.11 Å². The molecule has 0 spiro atoms. The largest absolute Gasteiger partial charge is 0.373 e. The van der Waals surface area contributed by atoms with Crippen LogP contribution in [0.4, 0.5) is 0 Å². The third-order valence-corrected chi connectivity index (χ3v) is 3.55. The molecule has 2 aromatic rings. The van der Waals surface area contributed by atoms with Crippen LogP contribution in [0.1, 0.15) is 36.2 Å². The van der Waals surface area contributed by atoms with Crippen molar-refractivity contribution in [3.05, 3.63) is 52.6 Å². The first-order chi connectivity index (χ1) is 8.72. The van der Waals surface area contributed by atoms with E-state index in [0.29, 0.717) is 0 Å². The minimum absolute atomic E-state index is 0.408. The number of benzene rings is 1. The van der Waals surface area contributed by atoms with Crippen LogP contribution in [0, 0.1) is 0 Å². The minimum Gasteiger partial charge on any atom is -0.373 e. The first-order valence-electron chi connectivity index (χ1n) is 6.21. The summed E-state index contributed by atoms with van der Waals surface area (Å²) in [6.07, 6.45) is 5.09. The first-order valence-corrected chi connectivity index (χ1v) is 6.59. The fraction of sp³-hybridized carbons (Fsp3) is 0.357. The Morgan fingerprint density at radius 2 is 2.33 bits per heavy atom. The summed E-state index contributed by atoms with van der Waals surface area (Å²) in [5, 5.41) is 10.6. The van der Waals surface area contributed by atoms with Gasteiger partial charge in [-0.2, -0.15) is 0 Å². The van der Waals surface area contributed by atoms with Crippen LogP contribution in [-0.2, 0) is 12.8 Å². The Kier molecular flexibility index (Phi) is 3.10. The number of halogens is 1. The molecule has 1 atom stereocenters. The van der Waals surface area contributed by atoms with Gasteiger partial charge >= 0.3 is 0 Å². The van der Waals surface area contributed by atoms with Crippen LogP contribution >= 0.6 is 11.6 Å². The van der Waals surface area contributed by atoms with Gasteiger partial charge in [-0.15, -0.1) is 0 Å². The van der Waals surface area contributed by atoms with Crippen molar-refractivity contribution >= 4 is 11.6 Å². The molecule has 3 nitrogen and oxygen atoms in total. The normalized spacial score (nSPS) is 18.7. The zero-order valence-electron chi connectivity index (χ0n) is 10.0. The number of hydrogen-bond donors (Lipinski definition) is 1. The third-order valence-electron chi connectivity index (χ3n) is 3.32. The zero-order chi connectivity index (χ0) is 12.5. The maximum Gasteiger partial charge on any atom is 0.131 e. The second-order valence-electron chi connectivity index (χ2n) is 4.74. The van der Waals surface area contributed by atoms with E-state index < -0.39 is 6.23 Å². The predicted octanol–water partition coefficient (Wildman–Crippen LogP) is 2.95. The number of aliphatic hydroxyl groups is 1. The van der Waals surface area contributed by atoms with Gasteiger partial charge in [0.25, 0.3) is 0 Å². The summed E-state index contributed by atoms with van der Waals surface area (Å²) in [6.45, 7) is 0. The molecule has 18 heavy (non-hydrogen) atoms. The number of nitrogens with zero attached hydrogens (tertiary/aromatic N) is 2. The molecule has 1 aromatic heterocycles. The average molecular weight is 263 g/mol. The smallest absolute Gasteiger partial charge is 0.131 e. The molecule has 1 unspecified atom stereocenters. The van der Waals surface area contributed by atoms with Gasteiger partial charge in [0.15, 0.2) is 0 Å². The molecule has 1 N–H and O–H groups in total. The van der Waals surface area contributed by atoms with Crippen molar-refractivity contribution in [2.24, 2.45) is 0 Å². The van der Waals surface area contributed by atoms with E-state index in [1.807, 2.05) is 35.0 Å². The highest BCUT2D eigenvalue weighted by atomic mass is 35.5. The summed E-state index contributed by atoms with van der Waals surface area (Å²) in [6, 6.07) is 7.81. The summed E-state index contributed by atoms with van der Waals surface area (Å²) in [4.78, 5) is 4.59. The number of aliphatic hydroxyl groups excluding tert-OH is 1. The molecule has 0 fully saturated rings. The van der Waals surface area contributed by atoms with Crippen LogP contribution < -0.4 is 0 Å². The molecule has 0 bridgehead atoms. The number of rotatable bonds is 2. The lowest BCUT2D eigenvalue weighted by atomic mass is 10.1. The molecule has 2 heterocycles. The molecule has 94 valence electrons. The van der Waals surface area contributed by atoms with E-state index in [9.17, 15) is 5.11 Å². The fourth-order valence-corrected chi connectivity index (χ4v) is 2.67. The molecule has 1 aliphatic heterocycles. The predicted molar refractivity (Wildman–Crippen MR) is 70.7 cm³/mol. The van der Waals surface area contributed by atoms with Gasteiger partial charge < -0.3 is 9.67 Å². The van der Waals surface area contributed by atoms with Gasteiger partial charge in [0.1, 0.15) is 12.1 Å². The lowest BCUT2D eigenvalue weighted by Crippen LogP contribution is -2.16. The monoisotopic (exact) mass is 262 g/mol. The summed E-state index contributed by atoms with van der Waals surface area (Å²) in [5.41, 5.74) is 2.14. The number of fused-ring (bicyclic) bond motifs is 1. The van der Waals surface area contributed by atoms with E-state index in [-0.39, 0.29) is 0 Å². The van der Waals surface area contributed by atoms with E-state index in [4.69, 9.17) is 11.6 Å². The Balaban J connectivity index is 1.85. The standard InChI is InChI=1S/C14H15ClN2O/c15-11-4-1-3-10(7-11)8-12-9-17-13(16-12)5-2-6-14(17)18/h1,3-4,7,9,14,18H,2,5-6,8H2. The summed E-state index contributed by atoms with van der Waals surface area (Å²) in [7, 11) is 0. The van der Waals surface area contributed by atoms with Crippen LogP contribution in [0.3, 0.4) is 0 Å². The van der Waals surface area contributed by atoms with Gasteiger partial charge in [0.2, 0.25) is 0 Å². The molecular weight excluding hydrogens is 248 g/mol. The van der Waals surface area contributed by atoms with Crippen LogP contribution in [0.5, 0.6) is 0 Å².